The second kappa shape index (κ2) is 7.68. The number of carbonyl (C=O) groups excluding carboxylic acids is 1. The highest BCUT2D eigenvalue weighted by atomic mass is 32.2. The molecule has 0 atom stereocenters. The van der Waals surface area contributed by atoms with E-state index in [0.29, 0.717) is 23.8 Å². The van der Waals surface area contributed by atoms with Gasteiger partial charge in [-0.2, -0.15) is 0 Å². The van der Waals surface area contributed by atoms with Crippen LogP contribution in [0.25, 0.3) is 0 Å². The summed E-state index contributed by atoms with van der Waals surface area (Å²) >= 11 is 1.51. The van der Waals surface area contributed by atoms with Gasteiger partial charge in [-0.1, -0.05) is 31.0 Å². The van der Waals surface area contributed by atoms with Crippen molar-refractivity contribution >= 4 is 17.5 Å². The van der Waals surface area contributed by atoms with Gasteiger partial charge in [-0.25, -0.2) is 9.07 Å². The van der Waals surface area contributed by atoms with Crippen molar-refractivity contribution in [2.75, 3.05) is 5.75 Å². The Balaban J connectivity index is 1.53. The Bertz CT molecular complexity index is 652. The number of thioether (sulfide) groups is 1. The van der Waals surface area contributed by atoms with Gasteiger partial charge in [0, 0.05) is 17.7 Å². The number of ketones is 1. The lowest BCUT2D eigenvalue weighted by Gasteiger charge is -2.21. The molecule has 0 bridgehead atoms. The third-order valence-electron chi connectivity index (χ3n) is 4.11. The van der Waals surface area contributed by atoms with Gasteiger partial charge >= 0.3 is 0 Å². The van der Waals surface area contributed by atoms with E-state index in [2.05, 4.69) is 15.5 Å². The van der Waals surface area contributed by atoms with E-state index < -0.39 is 0 Å². The van der Waals surface area contributed by atoms with E-state index >= 15 is 0 Å². The summed E-state index contributed by atoms with van der Waals surface area (Å²) < 4.78 is 14.8. The van der Waals surface area contributed by atoms with Crippen LogP contribution in [-0.2, 0) is 0 Å². The molecule has 0 saturated heterocycles. The van der Waals surface area contributed by atoms with Gasteiger partial charge in [-0.05, 0) is 47.5 Å². The summed E-state index contributed by atoms with van der Waals surface area (Å²) in [5.41, 5.74) is 0.541. The molecule has 23 heavy (non-hydrogen) atoms. The summed E-state index contributed by atoms with van der Waals surface area (Å²) in [6.45, 7) is 0. The Kier molecular flexibility index (Phi) is 5.38. The number of halogens is 1. The van der Waals surface area contributed by atoms with Gasteiger partial charge < -0.3 is 0 Å². The molecule has 2 aromatic rings. The van der Waals surface area contributed by atoms with Gasteiger partial charge in [0.1, 0.15) is 5.82 Å². The molecule has 1 aliphatic carbocycles. The van der Waals surface area contributed by atoms with Crippen LogP contribution in [0.15, 0.2) is 29.4 Å². The van der Waals surface area contributed by atoms with Crippen molar-refractivity contribution in [3.05, 3.63) is 35.6 Å². The summed E-state index contributed by atoms with van der Waals surface area (Å²) in [4.78, 5) is 12.1. The Hall–Kier alpha value is -1.76. The van der Waals surface area contributed by atoms with Gasteiger partial charge in [-0.15, -0.1) is 5.10 Å². The van der Waals surface area contributed by atoms with Crippen molar-refractivity contribution in [1.82, 2.24) is 20.2 Å². The molecule has 0 amide bonds. The van der Waals surface area contributed by atoms with Crippen LogP contribution in [0.1, 0.15) is 54.9 Å². The van der Waals surface area contributed by atoms with Gasteiger partial charge in [0.2, 0.25) is 5.16 Å². The fourth-order valence-electron chi connectivity index (χ4n) is 2.85. The summed E-state index contributed by atoms with van der Waals surface area (Å²) in [6, 6.07) is 6.05. The molecule has 1 heterocycles. The standard InChI is InChI=1S/C16H19FN4OS/c17-13-8-6-12(7-9-13)15(22)10-11-23-16-18-19-20-21(16)14-4-2-1-3-5-14/h6-9,14H,1-5,10-11H2. The molecule has 1 aliphatic rings. The summed E-state index contributed by atoms with van der Waals surface area (Å²) in [7, 11) is 0. The SMILES string of the molecule is O=C(CCSc1nnnn1C1CCCCC1)c1ccc(F)cc1. The van der Waals surface area contributed by atoms with Crippen LogP contribution in [0.5, 0.6) is 0 Å². The fraction of sp³-hybridized carbons (Fsp3) is 0.500. The Labute approximate surface area is 138 Å². The van der Waals surface area contributed by atoms with E-state index in [0.717, 1.165) is 18.0 Å². The lowest BCUT2D eigenvalue weighted by atomic mass is 9.96. The van der Waals surface area contributed by atoms with E-state index in [1.165, 1.54) is 55.3 Å². The van der Waals surface area contributed by atoms with Crippen LogP contribution in [0.2, 0.25) is 0 Å². The van der Waals surface area contributed by atoms with Crippen LogP contribution >= 0.6 is 11.8 Å². The van der Waals surface area contributed by atoms with E-state index in [1.807, 2.05) is 4.68 Å². The van der Waals surface area contributed by atoms with Crippen molar-refractivity contribution in [1.29, 1.82) is 0 Å². The van der Waals surface area contributed by atoms with Crippen molar-refractivity contribution in [3.63, 3.8) is 0 Å². The van der Waals surface area contributed by atoms with Gasteiger partial charge in [-0.3, -0.25) is 4.79 Å². The van der Waals surface area contributed by atoms with Gasteiger partial charge in [0.05, 0.1) is 6.04 Å². The second-order valence-electron chi connectivity index (χ2n) is 5.73. The Morgan fingerprint density at radius 3 is 2.70 bits per heavy atom. The van der Waals surface area contributed by atoms with Crippen molar-refractivity contribution in [3.8, 4) is 0 Å². The number of rotatable bonds is 6. The summed E-state index contributed by atoms with van der Waals surface area (Å²) in [5.74, 6) is 0.292. The fourth-order valence-corrected chi connectivity index (χ4v) is 3.73. The Morgan fingerprint density at radius 2 is 1.96 bits per heavy atom. The molecule has 0 radical (unpaired) electrons. The topological polar surface area (TPSA) is 60.7 Å². The molecule has 3 rings (SSSR count). The van der Waals surface area contributed by atoms with Crippen molar-refractivity contribution in [2.45, 2.75) is 49.7 Å². The average Bonchev–Trinajstić information content (AvgIpc) is 3.05. The highest BCUT2D eigenvalue weighted by molar-refractivity contribution is 7.99. The molecule has 5 nitrogen and oxygen atoms in total. The quantitative estimate of drug-likeness (QED) is 0.596. The number of hydrogen-bond acceptors (Lipinski definition) is 5. The zero-order valence-electron chi connectivity index (χ0n) is 12.8. The molecule has 0 unspecified atom stereocenters. The van der Waals surface area contributed by atoms with Crippen LogP contribution in [0.3, 0.4) is 0 Å². The van der Waals surface area contributed by atoms with E-state index in [9.17, 15) is 9.18 Å². The molecule has 1 aromatic heterocycles. The van der Waals surface area contributed by atoms with Crippen LogP contribution in [-0.4, -0.2) is 31.7 Å². The maximum atomic E-state index is 12.9. The predicted octanol–water partition coefficient (Wildman–Crippen LogP) is 3.68. The molecule has 1 fully saturated rings. The normalized spacial score (nSPS) is 15.7. The molecule has 122 valence electrons. The molecule has 0 aliphatic heterocycles. The summed E-state index contributed by atoms with van der Waals surface area (Å²) in [5, 5.41) is 12.7. The molecule has 1 saturated carbocycles. The molecule has 7 heteroatoms. The first-order valence-electron chi connectivity index (χ1n) is 7.93. The highest BCUT2D eigenvalue weighted by Crippen LogP contribution is 2.30. The minimum absolute atomic E-state index is 0.00851. The monoisotopic (exact) mass is 334 g/mol. The largest absolute Gasteiger partial charge is 0.294 e. The van der Waals surface area contributed by atoms with E-state index in [-0.39, 0.29) is 11.6 Å². The second-order valence-corrected chi connectivity index (χ2v) is 6.79. The lowest BCUT2D eigenvalue weighted by molar-refractivity contribution is 0.0989. The predicted molar refractivity (Wildman–Crippen MR) is 86.0 cm³/mol. The smallest absolute Gasteiger partial charge is 0.209 e. The van der Waals surface area contributed by atoms with Gasteiger partial charge in [0.25, 0.3) is 0 Å². The number of aromatic nitrogens is 4. The van der Waals surface area contributed by atoms with Crippen LogP contribution in [0.4, 0.5) is 4.39 Å². The average molecular weight is 334 g/mol. The van der Waals surface area contributed by atoms with Crippen molar-refractivity contribution < 1.29 is 9.18 Å². The maximum Gasteiger partial charge on any atom is 0.209 e. The lowest BCUT2D eigenvalue weighted by Crippen LogP contribution is -2.15. The van der Waals surface area contributed by atoms with Gasteiger partial charge in [0.15, 0.2) is 5.78 Å². The Morgan fingerprint density at radius 1 is 1.22 bits per heavy atom. The molecule has 0 spiro atoms. The molecular weight excluding hydrogens is 315 g/mol. The van der Waals surface area contributed by atoms with Crippen LogP contribution < -0.4 is 0 Å². The maximum absolute atomic E-state index is 12.9. The first kappa shape index (κ1) is 16.1. The summed E-state index contributed by atoms with van der Waals surface area (Å²) in [6.07, 6.45) is 6.34. The minimum atomic E-state index is -0.331. The number of Topliss-reactive ketones (excluding diaryl/α,β-unsaturated/α-hetero) is 1. The third-order valence-corrected chi connectivity index (χ3v) is 5.04. The van der Waals surface area contributed by atoms with E-state index in [1.54, 1.807) is 0 Å². The zero-order chi connectivity index (χ0) is 16.1. The minimum Gasteiger partial charge on any atom is -0.294 e. The number of tetrazole rings is 1. The number of benzene rings is 1. The van der Waals surface area contributed by atoms with Crippen LogP contribution in [0, 0.1) is 5.82 Å². The number of hydrogen-bond donors (Lipinski definition) is 0. The first-order chi connectivity index (χ1) is 11.2. The third kappa shape index (κ3) is 4.16. The van der Waals surface area contributed by atoms with E-state index in [4.69, 9.17) is 0 Å². The highest BCUT2D eigenvalue weighted by Gasteiger charge is 2.20. The molecule has 1 aromatic carbocycles. The van der Waals surface area contributed by atoms with Crippen molar-refractivity contribution in [2.24, 2.45) is 0 Å². The molecule has 0 N–H and O–H groups in total. The zero-order valence-corrected chi connectivity index (χ0v) is 13.6. The number of nitrogens with zero attached hydrogens (tertiary/aromatic N) is 4. The molecular formula is C16H19FN4OS. The number of carbonyl (C=O) groups is 1. The first-order valence-corrected chi connectivity index (χ1v) is 8.92.